The van der Waals surface area contributed by atoms with Gasteiger partial charge in [-0.05, 0) is 60.4 Å². The van der Waals surface area contributed by atoms with E-state index in [-0.39, 0.29) is 17.9 Å². The summed E-state index contributed by atoms with van der Waals surface area (Å²) in [6, 6.07) is 20.9. The summed E-state index contributed by atoms with van der Waals surface area (Å²) in [6.45, 7) is 2.62. The highest BCUT2D eigenvalue weighted by atomic mass is 35.5. The van der Waals surface area contributed by atoms with Crippen molar-refractivity contribution in [2.24, 2.45) is 0 Å². The van der Waals surface area contributed by atoms with Crippen LogP contribution in [0.2, 0.25) is 5.02 Å². The van der Waals surface area contributed by atoms with Gasteiger partial charge in [0.25, 0.3) is 5.91 Å². The Morgan fingerprint density at radius 3 is 2.64 bits per heavy atom. The van der Waals surface area contributed by atoms with Gasteiger partial charge in [0, 0.05) is 28.6 Å². The molecule has 0 bridgehead atoms. The second-order valence-electron chi connectivity index (χ2n) is 8.02. The Morgan fingerprint density at radius 2 is 1.85 bits per heavy atom. The molecule has 0 radical (unpaired) electrons. The van der Waals surface area contributed by atoms with E-state index in [2.05, 4.69) is 35.0 Å². The molecule has 0 fully saturated rings. The smallest absolute Gasteiger partial charge is 0.251 e. The lowest BCUT2D eigenvalue weighted by Crippen LogP contribution is -2.40. The number of fused-ring (bicyclic) bond motifs is 1. The number of nitrogens with one attached hydrogen (secondary N) is 3. The molecule has 0 saturated heterocycles. The summed E-state index contributed by atoms with van der Waals surface area (Å²) in [4.78, 5) is 25.2. The van der Waals surface area contributed by atoms with Gasteiger partial charge in [-0.3, -0.25) is 9.59 Å². The maximum Gasteiger partial charge on any atom is 0.251 e. The lowest BCUT2D eigenvalue weighted by molar-refractivity contribution is -0.116. The quantitative estimate of drug-likeness (QED) is 0.410. The standard InChI is InChI=1S/C26H26ClN3O2S/c1-17-4-2-3-5-20(17)15-33-16-24-26(32)30-23-14-19(8-11-22(23)29-24)25(31)28-13-12-18-6-9-21(27)10-7-18/h2-11,14,24,29H,12-13,15-16H2,1H3,(H,28,31)(H,30,32)/t24-/m1/s1. The van der Waals surface area contributed by atoms with Crippen LogP contribution < -0.4 is 16.0 Å². The second kappa shape index (κ2) is 10.8. The van der Waals surface area contributed by atoms with E-state index in [0.717, 1.165) is 17.0 Å². The van der Waals surface area contributed by atoms with Crippen LogP contribution in [0, 0.1) is 6.92 Å². The van der Waals surface area contributed by atoms with Crippen LogP contribution in [-0.2, 0) is 17.0 Å². The average Bonchev–Trinajstić information content (AvgIpc) is 2.81. The lowest BCUT2D eigenvalue weighted by atomic mass is 10.1. The number of aryl methyl sites for hydroxylation is 1. The highest BCUT2D eigenvalue weighted by Crippen LogP contribution is 2.29. The SMILES string of the molecule is Cc1ccccc1CSC[C@H]1Nc2ccc(C(=O)NCCc3ccc(Cl)cc3)cc2NC1=O. The van der Waals surface area contributed by atoms with Crippen LogP contribution >= 0.6 is 23.4 Å². The van der Waals surface area contributed by atoms with Gasteiger partial charge in [0.05, 0.1) is 11.4 Å². The molecule has 0 saturated carbocycles. The van der Waals surface area contributed by atoms with Crippen molar-refractivity contribution in [2.75, 3.05) is 22.9 Å². The molecule has 33 heavy (non-hydrogen) atoms. The van der Waals surface area contributed by atoms with Gasteiger partial charge in [-0.25, -0.2) is 0 Å². The summed E-state index contributed by atoms with van der Waals surface area (Å²) in [5.41, 5.74) is 5.62. The number of hydrogen-bond donors (Lipinski definition) is 3. The number of anilines is 2. The van der Waals surface area contributed by atoms with E-state index in [9.17, 15) is 9.59 Å². The average molecular weight is 480 g/mol. The van der Waals surface area contributed by atoms with Crippen LogP contribution in [-0.4, -0.2) is 30.2 Å². The van der Waals surface area contributed by atoms with Gasteiger partial charge in [0.2, 0.25) is 5.91 Å². The molecule has 5 nitrogen and oxygen atoms in total. The molecular formula is C26H26ClN3O2S. The summed E-state index contributed by atoms with van der Waals surface area (Å²) in [7, 11) is 0. The molecule has 3 N–H and O–H groups in total. The van der Waals surface area contributed by atoms with Gasteiger partial charge in [-0.15, -0.1) is 0 Å². The summed E-state index contributed by atoms with van der Waals surface area (Å²) in [6.07, 6.45) is 0.716. The Kier molecular flexibility index (Phi) is 7.57. The van der Waals surface area contributed by atoms with E-state index in [0.29, 0.717) is 35.0 Å². The van der Waals surface area contributed by atoms with Crippen molar-refractivity contribution in [3.8, 4) is 0 Å². The first-order valence-corrected chi connectivity index (χ1v) is 12.4. The van der Waals surface area contributed by atoms with E-state index in [1.54, 1.807) is 23.9 Å². The first-order valence-electron chi connectivity index (χ1n) is 10.9. The van der Waals surface area contributed by atoms with Crippen molar-refractivity contribution >= 4 is 46.6 Å². The van der Waals surface area contributed by atoms with Crippen molar-refractivity contribution in [2.45, 2.75) is 25.1 Å². The number of rotatable bonds is 8. The minimum atomic E-state index is -0.314. The van der Waals surface area contributed by atoms with Gasteiger partial charge in [-0.1, -0.05) is 48.0 Å². The molecule has 0 spiro atoms. The number of carbonyl (C=O) groups excluding carboxylic acids is 2. The number of thioether (sulfide) groups is 1. The zero-order valence-electron chi connectivity index (χ0n) is 18.4. The fourth-order valence-electron chi connectivity index (χ4n) is 3.64. The summed E-state index contributed by atoms with van der Waals surface area (Å²) in [5, 5.41) is 9.88. The predicted molar refractivity (Wildman–Crippen MR) is 137 cm³/mol. The molecular weight excluding hydrogens is 454 g/mol. The van der Waals surface area contributed by atoms with Crippen LogP contribution in [0.5, 0.6) is 0 Å². The highest BCUT2D eigenvalue weighted by Gasteiger charge is 2.26. The fourth-order valence-corrected chi connectivity index (χ4v) is 4.90. The normalized spacial score (nSPS) is 14.7. The molecule has 3 aromatic rings. The van der Waals surface area contributed by atoms with Gasteiger partial charge in [-0.2, -0.15) is 11.8 Å². The van der Waals surface area contributed by atoms with Crippen molar-refractivity contribution in [1.82, 2.24) is 5.32 Å². The number of carbonyl (C=O) groups is 2. The largest absolute Gasteiger partial charge is 0.371 e. The minimum Gasteiger partial charge on any atom is -0.371 e. The van der Waals surface area contributed by atoms with Crippen molar-refractivity contribution < 1.29 is 9.59 Å². The van der Waals surface area contributed by atoms with Gasteiger partial charge < -0.3 is 16.0 Å². The summed E-state index contributed by atoms with van der Waals surface area (Å²) in [5.74, 6) is 1.27. The highest BCUT2D eigenvalue weighted by molar-refractivity contribution is 7.98. The van der Waals surface area contributed by atoms with Crippen LogP contribution in [0.4, 0.5) is 11.4 Å². The number of benzene rings is 3. The number of amides is 2. The van der Waals surface area contributed by atoms with Gasteiger partial charge in [0.1, 0.15) is 6.04 Å². The Balaban J connectivity index is 1.30. The lowest BCUT2D eigenvalue weighted by Gasteiger charge is -2.27. The van der Waals surface area contributed by atoms with E-state index < -0.39 is 0 Å². The zero-order valence-corrected chi connectivity index (χ0v) is 19.9. The predicted octanol–water partition coefficient (Wildman–Crippen LogP) is 5.29. The Labute approximate surface area is 203 Å². The molecule has 7 heteroatoms. The van der Waals surface area contributed by atoms with E-state index in [1.807, 2.05) is 42.5 Å². The maximum absolute atomic E-state index is 12.6. The van der Waals surface area contributed by atoms with Crippen LogP contribution in [0.3, 0.4) is 0 Å². The molecule has 1 aliphatic rings. The Hall–Kier alpha value is -2.96. The Morgan fingerprint density at radius 1 is 1.06 bits per heavy atom. The van der Waals surface area contributed by atoms with Crippen LogP contribution in [0.1, 0.15) is 27.0 Å². The molecule has 0 aromatic heterocycles. The zero-order chi connectivity index (χ0) is 23.2. The second-order valence-corrected chi connectivity index (χ2v) is 9.49. The fraction of sp³-hybridized carbons (Fsp3) is 0.231. The topological polar surface area (TPSA) is 70.2 Å². The molecule has 3 aromatic carbocycles. The van der Waals surface area contributed by atoms with Crippen molar-refractivity contribution in [3.63, 3.8) is 0 Å². The number of halogens is 1. The molecule has 1 atom stereocenters. The molecule has 1 aliphatic heterocycles. The third-order valence-corrected chi connectivity index (χ3v) is 6.94. The van der Waals surface area contributed by atoms with Crippen molar-refractivity contribution in [1.29, 1.82) is 0 Å². The molecule has 1 heterocycles. The summed E-state index contributed by atoms with van der Waals surface area (Å²) >= 11 is 7.63. The Bertz CT molecular complexity index is 1150. The van der Waals surface area contributed by atoms with E-state index in [4.69, 9.17) is 11.6 Å². The van der Waals surface area contributed by atoms with Crippen molar-refractivity contribution in [3.05, 3.63) is 94.0 Å². The first-order chi connectivity index (χ1) is 16.0. The minimum absolute atomic E-state index is 0.0833. The molecule has 170 valence electrons. The third-order valence-electron chi connectivity index (χ3n) is 5.60. The third kappa shape index (κ3) is 6.09. The molecule has 2 amide bonds. The molecule has 4 rings (SSSR count). The van der Waals surface area contributed by atoms with Crippen LogP contribution in [0.25, 0.3) is 0 Å². The molecule has 0 aliphatic carbocycles. The van der Waals surface area contributed by atoms with Gasteiger partial charge >= 0.3 is 0 Å². The summed E-state index contributed by atoms with van der Waals surface area (Å²) < 4.78 is 0. The van der Waals surface area contributed by atoms with E-state index in [1.165, 1.54) is 11.1 Å². The number of hydrogen-bond acceptors (Lipinski definition) is 4. The van der Waals surface area contributed by atoms with Crippen LogP contribution in [0.15, 0.2) is 66.7 Å². The molecule has 0 unspecified atom stereocenters. The maximum atomic E-state index is 12.6. The van der Waals surface area contributed by atoms with E-state index >= 15 is 0 Å². The first kappa shape index (κ1) is 23.2. The van der Waals surface area contributed by atoms with Gasteiger partial charge in [0.15, 0.2) is 0 Å². The monoisotopic (exact) mass is 479 g/mol.